The molecule has 5 nitrogen and oxygen atoms in total. The Kier molecular flexibility index (Phi) is 6.09. The van der Waals surface area contributed by atoms with Gasteiger partial charge >= 0.3 is 0 Å². The molecule has 0 aliphatic rings. The lowest BCUT2D eigenvalue weighted by Crippen LogP contribution is -2.00. The molecule has 6 heteroatoms. The Labute approximate surface area is 152 Å². The number of ether oxygens (including phenoxy) is 2. The first-order chi connectivity index (χ1) is 12.3. The third kappa shape index (κ3) is 4.21. The quantitative estimate of drug-likeness (QED) is 0.450. The molecule has 0 bridgehead atoms. The lowest BCUT2D eigenvalue weighted by molar-refractivity contribution is 0.200. The number of thioether (sulfide) groups is 1. The van der Waals surface area contributed by atoms with Gasteiger partial charge in [0.1, 0.15) is 5.75 Å². The molecule has 0 N–H and O–H groups in total. The fraction of sp³-hybridized carbons (Fsp3) is 0.263. The van der Waals surface area contributed by atoms with Crippen molar-refractivity contribution in [2.45, 2.75) is 11.6 Å². The van der Waals surface area contributed by atoms with E-state index in [1.54, 1.807) is 26.0 Å². The van der Waals surface area contributed by atoms with Crippen LogP contribution >= 0.6 is 11.8 Å². The second-order valence-corrected chi connectivity index (χ2v) is 6.47. The van der Waals surface area contributed by atoms with E-state index in [9.17, 15) is 0 Å². The number of hydrogen-bond acceptors (Lipinski definition) is 5. The molecule has 25 heavy (non-hydrogen) atoms. The minimum absolute atomic E-state index is 0.745. The highest BCUT2D eigenvalue weighted by molar-refractivity contribution is 7.99. The third-order valence-corrected chi connectivity index (χ3v) is 4.71. The van der Waals surface area contributed by atoms with Gasteiger partial charge < -0.3 is 9.47 Å². The van der Waals surface area contributed by atoms with E-state index in [4.69, 9.17) is 9.47 Å². The van der Waals surface area contributed by atoms with Crippen molar-refractivity contribution in [2.24, 2.45) is 0 Å². The number of nitrogens with zero attached hydrogens (tertiary/aromatic N) is 3. The van der Waals surface area contributed by atoms with Gasteiger partial charge in [-0.3, -0.25) is 4.57 Å². The van der Waals surface area contributed by atoms with Gasteiger partial charge in [-0.25, -0.2) is 0 Å². The summed E-state index contributed by atoms with van der Waals surface area (Å²) in [5.74, 6) is 2.53. The first-order valence-electron chi connectivity index (χ1n) is 8.10. The molecule has 0 aliphatic carbocycles. The van der Waals surface area contributed by atoms with Gasteiger partial charge in [0.15, 0.2) is 11.0 Å². The average Bonchev–Trinajstić information content (AvgIpc) is 3.10. The Balaban J connectivity index is 1.99. The Morgan fingerprint density at radius 1 is 1.00 bits per heavy atom. The fourth-order valence-corrected chi connectivity index (χ4v) is 3.35. The van der Waals surface area contributed by atoms with Crippen molar-refractivity contribution in [1.29, 1.82) is 0 Å². The number of methoxy groups -OCH3 is 2. The highest BCUT2D eigenvalue weighted by Crippen LogP contribution is 2.29. The van der Waals surface area contributed by atoms with Crippen molar-refractivity contribution in [3.05, 3.63) is 54.6 Å². The van der Waals surface area contributed by atoms with Crippen LogP contribution in [-0.2, 0) is 4.74 Å². The molecule has 0 aliphatic heterocycles. The second kappa shape index (κ2) is 8.69. The first kappa shape index (κ1) is 17.5. The van der Waals surface area contributed by atoms with Gasteiger partial charge in [0, 0.05) is 30.7 Å². The minimum atomic E-state index is 0.745. The molecule has 0 saturated carbocycles. The Morgan fingerprint density at radius 2 is 1.84 bits per heavy atom. The number of hydrogen-bond donors (Lipinski definition) is 0. The largest absolute Gasteiger partial charge is 0.497 e. The summed E-state index contributed by atoms with van der Waals surface area (Å²) in [7, 11) is 3.39. The van der Waals surface area contributed by atoms with Crippen LogP contribution in [0, 0.1) is 0 Å². The lowest BCUT2D eigenvalue weighted by atomic mass is 10.2. The lowest BCUT2D eigenvalue weighted by Gasteiger charge is -2.11. The van der Waals surface area contributed by atoms with Crippen LogP contribution < -0.4 is 4.74 Å². The van der Waals surface area contributed by atoms with Crippen molar-refractivity contribution in [1.82, 2.24) is 14.8 Å². The summed E-state index contributed by atoms with van der Waals surface area (Å²) < 4.78 is 12.6. The summed E-state index contributed by atoms with van der Waals surface area (Å²) >= 11 is 1.69. The molecule has 0 spiro atoms. The molecule has 0 saturated heterocycles. The molecule has 1 heterocycles. The van der Waals surface area contributed by atoms with E-state index in [1.165, 1.54) is 0 Å². The average molecular weight is 355 g/mol. The monoisotopic (exact) mass is 355 g/mol. The molecule has 130 valence electrons. The topological polar surface area (TPSA) is 49.2 Å². The van der Waals surface area contributed by atoms with Crippen LogP contribution in [0.15, 0.2) is 59.8 Å². The third-order valence-electron chi connectivity index (χ3n) is 3.70. The minimum Gasteiger partial charge on any atom is -0.497 e. The van der Waals surface area contributed by atoms with Crippen LogP contribution in [0.2, 0.25) is 0 Å². The van der Waals surface area contributed by atoms with E-state index < -0.39 is 0 Å². The molecule has 0 atom stereocenters. The highest BCUT2D eigenvalue weighted by Gasteiger charge is 2.16. The molecule has 0 fully saturated rings. The summed E-state index contributed by atoms with van der Waals surface area (Å²) in [6, 6.07) is 18.0. The summed E-state index contributed by atoms with van der Waals surface area (Å²) in [4.78, 5) is 0. The van der Waals surface area contributed by atoms with Crippen LogP contribution in [-0.4, -0.2) is 41.3 Å². The zero-order valence-corrected chi connectivity index (χ0v) is 15.2. The molecule has 0 amide bonds. The molecular weight excluding hydrogens is 334 g/mol. The van der Waals surface area contributed by atoms with Gasteiger partial charge in [0.2, 0.25) is 0 Å². The summed E-state index contributed by atoms with van der Waals surface area (Å²) in [5, 5.41) is 9.73. The SMILES string of the molecule is COCCCSc1nnc(-c2cccc(OC)c2)n1-c1ccccc1. The predicted octanol–water partition coefficient (Wildman–Crippen LogP) is 4.07. The highest BCUT2D eigenvalue weighted by atomic mass is 32.2. The second-order valence-electron chi connectivity index (χ2n) is 5.40. The van der Waals surface area contributed by atoms with E-state index in [1.807, 2.05) is 42.5 Å². The maximum Gasteiger partial charge on any atom is 0.196 e. The van der Waals surface area contributed by atoms with E-state index in [2.05, 4.69) is 26.9 Å². The maximum atomic E-state index is 5.34. The van der Waals surface area contributed by atoms with Gasteiger partial charge in [-0.15, -0.1) is 10.2 Å². The molecule has 0 radical (unpaired) electrons. The standard InChI is InChI=1S/C19H21N3O2S/c1-23-12-7-13-25-19-21-20-18(15-8-6-11-17(14-15)24-2)22(19)16-9-4-3-5-10-16/h3-6,8-11,14H,7,12-13H2,1-2H3. The van der Waals surface area contributed by atoms with Crippen LogP contribution in [0.4, 0.5) is 0 Å². The van der Waals surface area contributed by atoms with Gasteiger partial charge in [0.05, 0.1) is 7.11 Å². The first-order valence-corrected chi connectivity index (χ1v) is 9.09. The van der Waals surface area contributed by atoms with E-state index in [-0.39, 0.29) is 0 Å². The summed E-state index contributed by atoms with van der Waals surface area (Å²) in [6.07, 6.45) is 0.970. The van der Waals surface area contributed by atoms with Gasteiger partial charge in [-0.05, 0) is 30.7 Å². The van der Waals surface area contributed by atoms with Crippen LogP contribution in [0.1, 0.15) is 6.42 Å². The summed E-state index contributed by atoms with van der Waals surface area (Å²) in [6.45, 7) is 0.745. The predicted molar refractivity (Wildman–Crippen MR) is 101 cm³/mol. The smallest absolute Gasteiger partial charge is 0.196 e. The number of para-hydroxylation sites is 1. The summed E-state index contributed by atoms with van der Waals surface area (Å²) in [5.41, 5.74) is 2.01. The van der Waals surface area contributed by atoms with E-state index >= 15 is 0 Å². The zero-order valence-electron chi connectivity index (χ0n) is 14.4. The molecule has 3 rings (SSSR count). The van der Waals surface area contributed by atoms with Crippen molar-refractivity contribution >= 4 is 11.8 Å². The van der Waals surface area contributed by atoms with Gasteiger partial charge in [-0.1, -0.05) is 42.1 Å². The van der Waals surface area contributed by atoms with Crippen LogP contribution in [0.3, 0.4) is 0 Å². The van der Waals surface area contributed by atoms with Crippen molar-refractivity contribution < 1.29 is 9.47 Å². The van der Waals surface area contributed by atoms with Crippen molar-refractivity contribution in [3.63, 3.8) is 0 Å². The van der Waals surface area contributed by atoms with Crippen molar-refractivity contribution in [2.75, 3.05) is 26.6 Å². The fourth-order valence-electron chi connectivity index (χ4n) is 2.49. The number of benzene rings is 2. The van der Waals surface area contributed by atoms with Crippen LogP contribution in [0.5, 0.6) is 5.75 Å². The van der Waals surface area contributed by atoms with Crippen molar-refractivity contribution in [3.8, 4) is 22.8 Å². The molecule has 2 aromatic carbocycles. The van der Waals surface area contributed by atoms with Gasteiger partial charge in [-0.2, -0.15) is 0 Å². The zero-order chi connectivity index (χ0) is 17.5. The number of aromatic nitrogens is 3. The number of rotatable bonds is 8. The van der Waals surface area contributed by atoms with Gasteiger partial charge in [0.25, 0.3) is 0 Å². The van der Waals surface area contributed by atoms with E-state index in [0.29, 0.717) is 0 Å². The maximum absolute atomic E-state index is 5.34. The van der Waals surface area contributed by atoms with E-state index in [0.717, 1.165) is 46.8 Å². The molecule has 0 unspecified atom stereocenters. The Morgan fingerprint density at radius 3 is 2.60 bits per heavy atom. The Hall–Kier alpha value is -2.31. The Bertz CT molecular complexity index is 805. The molecular formula is C19H21N3O2S. The van der Waals surface area contributed by atoms with Crippen LogP contribution in [0.25, 0.3) is 17.1 Å². The molecule has 1 aromatic heterocycles. The normalized spacial score (nSPS) is 10.8. The molecule has 3 aromatic rings.